The largest absolute Gasteiger partial charge is 0.256 e. The Balaban J connectivity index is 1.69. The van der Waals surface area contributed by atoms with E-state index in [-0.39, 0.29) is 0 Å². The van der Waals surface area contributed by atoms with Crippen molar-refractivity contribution in [1.29, 1.82) is 0 Å². The van der Waals surface area contributed by atoms with Crippen LogP contribution in [0.4, 0.5) is 11.4 Å². The van der Waals surface area contributed by atoms with Gasteiger partial charge in [-0.15, -0.1) is 0 Å². The van der Waals surface area contributed by atoms with E-state index in [1.165, 1.54) is 18.3 Å². The third-order valence-electron chi connectivity index (χ3n) is 3.97. The number of aliphatic imine (C=N–C) groups is 2. The van der Waals surface area contributed by atoms with E-state index < -0.39 is 0 Å². The predicted octanol–water partition coefficient (Wildman–Crippen LogP) is 7.01. The average Bonchev–Trinajstić information content (AvgIpc) is 2.64. The topological polar surface area (TPSA) is 24.7 Å². The van der Waals surface area contributed by atoms with Gasteiger partial charge in [-0.05, 0) is 106 Å². The lowest BCUT2D eigenvalue weighted by Gasteiger charge is -2.00. The SMILES string of the molecule is Cc1ccc(N=Cc2ccc(C=Nc3ccc(C)c(I)c3)cc2)cc1I. The molecule has 3 rings (SSSR count). The van der Waals surface area contributed by atoms with Gasteiger partial charge in [0, 0.05) is 19.6 Å². The average molecular weight is 564 g/mol. The van der Waals surface area contributed by atoms with E-state index in [2.05, 4.69) is 118 Å². The van der Waals surface area contributed by atoms with Gasteiger partial charge in [-0.2, -0.15) is 0 Å². The molecule has 0 saturated heterocycles. The summed E-state index contributed by atoms with van der Waals surface area (Å²) in [7, 11) is 0. The van der Waals surface area contributed by atoms with E-state index in [1.54, 1.807) is 0 Å². The lowest BCUT2D eigenvalue weighted by molar-refractivity contribution is 1.40. The molecule has 0 aromatic heterocycles. The summed E-state index contributed by atoms with van der Waals surface area (Å²) in [6.45, 7) is 4.21. The Morgan fingerprint density at radius 3 is 1.35 bits per heavy atom. The molecule has 0 fully saturated rings. The molecule has 0 radical (unpaired) electrons. The van der Waals surface area contributed by atoms with E-state index in [9.17, 15) is 0 Å². The Bertz CT molecular complexity index is 893. The van der Waals surface area contributed by atoms with Crippen molar-refractivity contribution in [2.24, 2.45) is 9.98 Å². The van der Waals surface area contributed by atoms with Crippen LogP contribution in [0.5, 0.6) is 0 Å². The van der Waals surface area contributed by atoms with Crippen LogP contribution in [0, 0.1) is 21.0 Å². The van der Waals surface area contributed by atoms with Crippen molar-refractivity contribution in [2.45, 2.75) is 13.8 Å². The standard InChI is InChI=1S/C22H18I2N2/c1-15-3-9-19(11-21(15)23)25-13-17-5-7-18(8-6-17)14-26-20-10-4-16(2)22(24)12-20/h3-14H,1-2H3. The first-order chi connectivity index (χ1) is 12.5. The number of rotatable bonds is 4. The molecule has 0 N–H and O–H groups in total. The third-order valence-corrected chi connectivity index (χ3v) is 6.30. The first-order valence-corrected chi connectivity index (χ1v) is 10.4. The lowest BCUT2D eigenvalue weighted by atomic mass is 10.1. The highest BCUT2D eigenvalue weighted by atomic mass is 127. The quantitative estimate of drug-likeness (QED) is 0.241. The number of halogens is 2. The fourth-order valence-corrected chi connectivity index (χ4v) is 3.29. The van der Waals surface area contributed by atoms with E-state index in [0.717, 1.165) is 22.5 Å². The molecule has 0 aliphatic heterocycles. The molecular formula is C22H18I2N2. The summed E-state index contributed by atoms with van der Waals surface area (Å²) in [6.07, 6.45) is 3.79. The lowest BCUT2D eigenvalue weighted by Crippen LogP contribution is -1.85. The van der Waals surface area contributed by atoms with Crippen LogP contribution in [0.25, 0.3) is 0 Å². The van der Waals surface area contributed by atoms with Crippen LogP contribution in [0.2, 0.25) is 0 Å². The molecule has 26 heavy (non-hydrogen) atoms. The Morgan fingerprint density at radius 2 is 1.00 bits per heavy atom. The molecule has 4 heteroatoms. The van der Waals surface area contributed by atoms with Crippen LogP contribution in [-0.4, -0.2) is 12.4 Å². The zero-order valence-corrected chi connectivity index (χ0v) is 18.9. The minimum absolute atomic E-state index is 0.972. The van der Waals surface area contributed by atoms with Gasteiger partial charge in [-0.3, -0.25) is 9.98 Å². The van der Waals surface area contributed by atoms with Crippen molar-refractivity contribution >= 4 is 69.0 Å². The summed E-state index contributed by atoms with van der Waals surface area (Å²) in [5.74, 6) is 0. The highest BCUT2D eigenvalue weighted by molar-refractivity contribution is 14.1. The zero-order chi connectivity index (χ0) is 18.5. The molecule has 0 heterocycles. The molecule has 0 aliphatic rings. The van der Waals surface area contributed by atoms with Crippen molar-refractivity contribution in [3.63, 3.8) is 0 Å². The first kappa shape index (κ1) is 19.2. The van der Waals surface area contributed by atoms with Gasteiger partial charge in [0.25, 0.3) is 0 Å². The van der Waals surface area contributed by atoms with Crippen LogP contribution in [0.15, 0.2) is 70.6 Å². The van der Waals surface area contributed by atoms with Crippen LogP contribution < -0.4 is 0 Å². The van der Waals surface area contributed by atoms with E-state index in [1.807, 2.05) is 24.6 Å². The molecule has 0 spiro atoms. The molecular weight excluding hydrogens is 546 g/mol. The Hall–Kier alpha value is -1.54. The van der Waals surface area contributed by atoms with E-state index in [4.69, 9.17) is 0 Å². The summed E-state index contributed by atoms with van der Waals surface area (Å²) in [4.78, 5) is 9.11. The molecule has 2 nitrogen and oxygen atoms in total. The molecule has 0 bridgehead atoms. The van der Waals surface area contributed by atoms with Gasteiger partial charge in [0.1, 0.15) is 0 Å². The number of benzene rings is 3. The van der Waals surface area contributed by atoms with Gasteiger partial charge in [0.05, 0.1) is 11.4 Å². The van der Waals surface area contributed by atoms with Crippen LogP contribution in [0.1, 0.15) is 22.3 Å². The third kappa shape index (κ3) is 5.23. The Kier molecular flexibility index (Phi) is 6.58. The second-order valence-corrected chi connectivity index (χ2v) is 8.37. The van der Waals surface area contributed by atoms with Crippen molar-refractivity contribution in [3.05, 3.63) is 90.1 Å². The Morgan fingerprint density at radius 1 is 0.615 bits per heavy atom. The molecule has 3 aromatic carbocycles. The molecule has 3 aromatic rings. The van der Waals surface area contributed by atoms with Crippen LogP contribution in [0.3, 0.4) is 0 Å². The number of aryl methyl sites for hydroxylation is 2. The van der Waals surface area contributed by atoms with Crippen LogP contribution in [-0.2, 0) is 0 Å². The fourth-order valence-electron chi connectivity index (χ4n) is 2.29. The van der Waals surface area contributed by atoms with Gasteiger partial charge in [0.15, 0.2) is 0 Å². The minimum atomic E-state index is 0.972. The van der Waals surface area contributed by atoms with Crippen molar-refractivity contribution in [3.8, 4) is 0 Å². The molecule has 130 valence electrons. The second-order valence-electron chi connectivity index (χ2n) is 6.05. The molecule has 0 amide bonds. The van der Waals surface area contributed by atoms with E-state index >= 15 is 0 Å². The van der Waals surface area contributed by atoms with Crippen molar-refractivity contribution < 1.29 is 0 Å². The van der Waals surface area contributed by atoms with Gasteiger partial charge in [-0.1, -0.05) is 36.4 Å². The van der Waals surface area contributed by atoms with Crippen molar-refractivity contribution in [2.75, 3.05) is 0 Å². The van der Waals surface area contributed by atoms with E-state index in [0.29, 0.717) is 0 Å². The molecule has 0 atom stereocenters. The van der Waals surface area contributed by atoms with Crippen molar-refractivity contribution in [1.82, 2.24) is 0 Å². The monoisotopic (exact) mass is 564 g/mol. The summed E-state index contributed by atoms with van der Waals surface area (Å²) < 4.78 is 2.46. The maximum atomic E-state index is 4.56. The normalized spacial score (nSPS) is 11.5. The molecule has 0 unspecified atom stereocenters. The highest BCUT2D eigenvalue weighted by Crippen LogP contribution is 2.20. The number of hydrogen-bond acceptors (Lipinski definition) is 2. The molecule has 0 aliphatic carbocycles. The van der Waals surface area contributed by atoms with Gasteiger partial charge >= 0.3 is 0 Å². The summed E-state index contributed by atoms with van der Waals surface area (Å²) in [5.41, 5.74) is 6.64. The second kappa shape index (κ2) is 8.90. The van der Waals surface area contributed by atoms with Gasteiger partial charge < -0.3 is 0 Å². The van der Waals surface area contributed by atoms with Gasteiger partial charge in [0.2, 0.25) is 0 Å². The predicted molar refractivity (Wildman–Crippen MR) is 129 cm³/mol. The van der Waals surface area contributed by atoms with Gasteiger partial charge in [-0.25, -0.2) is 0 Å². The minimum Gasteiger partial charge on any atom is -0.256 e. The maximum Gasteiger partial charge on any atom is 0.0640 e. The smallest absolute Gasteiger partial charge is 0.0640 e. The van der Waals surface area contributed by atoms with Crippen LogP contribution >= 0.6 is 45.2 Å². The number of nitrogens with zero attached hydrogens (tertiary/aromatic N) is 2. The summed E-state index contributed by atoms with van der Waals surface area (Å²) in [5, 5.41) is 0. The first-order valence-electron chi connectivity index (χ1n) is 8.22. The maximum absolute atomic E-state index is 4.56. The fraction of sp³-hybridized carbons (Fsp3) is 0.0909. The summed E-state index contributed by atoms with van der Waals surface area (Å²) >= 11 is 4.67. The zero-order valence-electron chi connectivity index (χ0n) is 14.6. The highest BCUT2D eigenvalue weighted by Gasteiger charge is 1.97. The number of hydrogen-bond donors (Lipinski definition) is 0. The summed E-state index contributed by atoms with van der Waals surface area (Å²) in [6, 6.07) is 20.7. The Labute approximate surface area is 181 Å². The molecule has 0 saturated carbocycles.